The first kappa shape index (κ1) is 17.0. The van der Waals surface area contributed by atoms with Crippen LogP contribution in [0.2, 0.25) is 0 Å². The van der Waals surface area contributed by atoms with Gasteiger partial charge in [-0.3, -0.25) is 20.4 Å². The summed E-state index contributed by atoms with van der Waals surface area (Å²) in [4.78, 5) is 24.0. The van der Waals surface area contributed by atoms with Gasteiger partial charge >= 0.3 is 0 Å². The summed E-state index contributed by atoms with van der Waals surface area (Å²) in [5.41, 5.74) is 6.22. The van der Waals surface area contributed by atoms with Gasteiger partial charge in [-0.25, -0.2) is 0 Å². The van der Waals surface area contributed by atoms with Crippen molar-refractivity contribution in [2.45, 2.75) is 6.92 Å². The van der Waals surface area contributed by atoms with E-state index in [0.29, 0.717) is 9.13 Å². The molecule has 0 radical (unpaired) electrons. The van der Waals surface area contributed by atoms with Gasteiger partial charge in [0, 0.05) is 9.13 Å². The van der Waals surface area contributed by atoms with Gasteiger partial charge in [0.2, 0.25) is 0 Å². The Bertz CT molecular complexity index is 730. The summed E-state index contributed by atoms with van der Waals surface area (Å²) in [6, 6.07) is 10.3. The lowest BCUT2D eigenvalue weighted by Crippen LogP contribution is -2.41. The third-order valence-electron chi connectivity index (χ3n) is 2.88. The van der Waals surface area contributed by atoms with Gasteiger partial charge in [0.1, 0.15) is 5.75 Å². The molecule has 0 saturated carbocycles. The summed E-state index contributed by atoms with van der Waals surface area (Å²) in [5, 5.41) is 9.92. The monoisotopic (exact) mass is 522 g/mol. The number of amides is 2. The molecule has 0 atom stereocenters. The number of nitrogens with one attached hydrogen (secondary N) is 2. The molecule has 0 unspecified atom stereocenters. The van der Waals surface area contributed by atoms with Crippen LogP contribution in [0, 0.1) is 14.1 Å². The Labute approximate surface area is 154 Å². The molecular formula is C15H12I2N2O3. The van der Waals surface area contributed by atoms with Crippen molar-refractivity contribution in [2.24, 2.45) is 0 Å². The average molecular weight is 522 g/mol. The summed E-state index contributed by atoms with van der Waals surface area (Å²) in [7, 11) is 0. The highest BCUT2D eigenvalue weighted by atomic mass is 127. The number of hydrogen-bond donors (Lipinski definition) is 3. The number of hydrogen-bond acceptors (Lipinski definition) is 3. The molecule has 0 aromatic heterocycles. The quantitative estimate of drug-likeness (QED) is 0.420. The van der Waals surface area contributed by atoms with Crippen molar-refractivity contribution in [2.75, 3.05) is 0 Å². The minimum absolute atomic E-state index is 0.108. The maximum atomic E-state index is 12.1. The Balaban J connectivity index is 2.07. The van der Waals surface area contributed by atoms with Gasteiger partial charge in [0.05, 0.1) is 9.13 Å². The molecule has 2 rings (SSSR count). The average Bonchev–Trinajstić information content (AvgIpc) is 2.48. The van der Waals surface area contributed by atoms with E-state index in [1.807, 2.05) is 41.6 Å². The molecule has 0 aliphatic rings. The smallest absolute Gasteiger partial charge is 0.273 e. The Morgan fingerprint density at radius 1 is 1.00 bits per heavy atom. The number of aryl methyl sites for hydroxylation is 1. The lowest BCUT2D eigenvalue weighted by atomic mass is 10.1. The van der Waals surface area contributed by atoms with Crippen molar-refractivity contribution in [1.29, 1.82) is 0 Å². The van der Waals surface area contributed by atoms with Crippen LogP contribution in [0.25, 0.3) is 0 Å². The van der Waals surface area contributed by atoms with Crippen molar-refractivity contribution in [1.82, 2.24) is 10.9 Å². The van der Waals surface area contributed by atoms with Gasteiger partial charge < -0.3 is 5.11 Å². The van der Waals surface area contributed by atoms with Crippen molar-refractivity contribution in [3.8, 4) is 5.75 Å². The minimum atomic E-state index is -0.575. The standard InChI is InChI=1S/C15H12I2N2O3/c1-8-2-4-9(5-3-8)14(21)18-19-15(22)11-6-10(16)7-12(17)13(11)20/h2-7,20H,1H3,(H,18,21)(H,19,22). The zero-order valence-electron chi connectivity index (χ0n) is 11.5. The number of hydrazine groups is 1. The molecule has 3 N–H and O–H groups in total. The number of carbonyl (C=O) groups excluding carboxylic acids is 2. The van der Waals surface area contributed by atoms with Gasteiger partial charge in [-0.1, -0.05) is 17.7 Å². The first-order chi connectivity index (χ1) is 10.4. The van der Waals surface area contributed by atoms with E-state index in [4.69, 9.17) is 0 Å². The Kier molecular flexibility index (Phi) is 5.62. The second kappa shape index (κ2) is 7.27. The van der Waals surface area contributed by atoms with Gasteiger partial charge in [-0.2, -0.15) is 0 Å². The van der Waals surface area contributed by atoms with Crippen LogP contribution in [0.15, 0.2) is 36.4 Å². The zero-order valence-corrected chi connectivity index (χ0v) is 15.8. The van der Waals surface area contributed by atoms with Crippen LogP contribution in [0.3, 0.4) is 0 Å². The maximum absolute atomic E-state index is 12.1. The van der Waals surface area contributed by atoms with E-state index in [2.05, 4.69) is 33.4 Å². The first-order valence-electron chi connectivity index (χ1n) is 6.24. The van der Waals surface area contributed by atoms with E-state index < -0.39 is 11.8 Å². The van der Waals surface area contributed by atoms with Crippen LogP contribution in [-0.2, 0) is 0 Å². The van der Waals surface area contributed by atoms with E-state index >= 15 is 0 Å². The summed E-state index contributed by atoms with van der Waals surface area (Å²) in [5.74, 6) is -1.11. The molecule has 2 aromatic rings. The normalized spacial score (nSPS) is 10.1. The van der Waals surface area contributed by atoms with Gasteiger partial charge in [-0.05, 0) is 76.4 Å². The molecule has 114 valence electrons. The van der Waals surface area contributed by atoms with Crippen molar-refractivity contribution in [3.63, 3.8) is 0 Å². The molecule has 0 heterocycles. The summed E-state index contributed by atoms with van der Waals surface area (Å²) in [6.07, 6.45) is 0. The SMILES string of the molecule is Cc1ccc(C(=O)NNC(=O)c2cc(I)cc(I)c2O)cc1. The van der Waals surface area contributed by atoms with Crippen LogP contribution in [-0.4, -0.2) is 16.9 Å². The molecule has 2 amide bonds. The van der Waals surface area contributed by atoms with Gasteiger partial charge in [0.25, 0.3) is 11.8 Å². The second-order valence-electron chi connectivity index (χ2n) is 4.56. The Morgan fingerprint density at radius 3 is 2.23 bits per heavy atom. The van der Waals surface area contributed by atoms with E-state index in [-0.39, 0.29) is 11.3 Å². The van der Waals surface area contributed by atoms with E-state index in [9.17, 15) is 14.7 Å². The number of phenolic OH excluding ortho intramolecular Hbond substituents is 1. The second-order valence-corrected chi connectivity index (χ2v) is 6.97. The molecule has 2 aromatic carbocycles. The first-order valence-corrected chi connectivity index (χ1v) is 8.39. The highest BCUT2D eigenvalue weighted by Crippen LogP contribution is 2.26. The van der Waals surface area contributed by atoms with E-state index in [0.717, 1.165) is 9.13 Å². The number of aromatic hydroxyl groups is 1. The molecule has 0 spiro atoms. The third-order valence-corrected chi connectivity index (χ3v) is 4.32. The fourth-order valence-corrected chi connectivity index (χ4v) is 3.54. The number of halogens is 2. The Hall–Kier alpha value is -1.36. The summed E-state index contributed by atoms with van der Waals surface area (Å²) < 4.78 is 1.38. The molecule has 5 nitrogen and oxygen atoms in total. The van der Waals surface area contributed by atoms with E-state index in [1.54, 1.807) is 24.3 Å². The fourth-order valence-electron chi connectivity index (χ4n) is 1.70. The number of benzene rings is 2. The number of carbonyl (C=O) groups is 2. The molecule has 22 heavy (non-hydrogen) atoms. The highest BCUT2D eigenvalue weighted by Gasteiger charge is 2.15. The van der Waals surface area contributed by atoms with Gasteiger partial charge in [-0.15, -0.1) is 0 Å². The van der Waals surface area contributed by atoms with Gasteiger partial charge in [0.15, 0.2) is 0 Å². The number of phenols is 1. The molecule has 0 saturated heterocycles. The predicted octanol–water partition coefficient (Wildman–Crippen LogP) is 2.98. The topological polar surface area (TPSA) is 78.4 Å². The lowest BCUT2D eigenvalue weighted by molar-refractivity contribution is 0.0845. The summed E-state index contributed by atoms with van der Waals surface area (Å²) in [6.45, 7) is 1.92. The van der Waals surface area contributed by atoms with E-state index in [1.165, 1.54) is 0 Å². The van der Waals surface area contributed by atoms with Crippen LogP contribution >= 0.6 is 45.2 Å². The molecule has 0 fully saturated rings. The highest BCUT2D eigenvalue weighted by molar-refractivity contribution is 14.1. The largest absolute Gasteiger partial charge is 0.506 e. The van der Waals surface area contributed by atoms with Crippen molar-refractivity contribution in [3.05, 3.63) is 60.2 Å². The van der Waals surface area contributed by atoms with Crippen molar-refractivity contribution >= 4 is 57.0 Å². The van der Waals surface area contributed by atoms with Crippen LogP contribution < -0.4 is 10.9 Å². The Morgan fingerprint density at radius 2 is 1.59 bits per heavy atom. The number of rotatable bonds is 2. The minimum Gasteiger partial charge on any atom is -0.506 e. The fraction of sp³-hybridized carbons (Fsp3) is 0.0667. The lowest BCUT2D eigenvalue weighted by Gasteiger charge is -2.10. The van der Waals surface area contributed by atoms with Crippen LogP contribution in [0.4, 0.5) is 0 Å². The van der Waals surface area contributed by atoms with Crippen LogP contribution in [0.5, 0.6) is 5.75 Å². The molecular weight excluding hydrogens is 510 g/mol. The molecule has 0 aliphatic carbocycles. The summed E-state index contributed by atoms with van der Waals surface area (Å²) >= 11 is 3.99. The third kappa shape index (κ3) is 4.09. The predicted molar refractivity (Wildman–Crippen MR) is 99.7 cm³/mol. The van der Waals surface area contributed by atoms with Crippen molar-refractivity contribution < 1.29 is 14.7 Å². The molecule has 0 aliphatic heterocycles. The van der Waals surface area contributed by atoms with Crippen LogP contribution in [0.1, 0.15) is 26.3 Å². The maximum Gasteiger partial charge on any atom is 0.273 e. The molecule has 0 bridgehead atoms. The molecule has 7 heteroatoms. The zero-order chi connectivity index (χ0) is 16.3.